The molecule has 0 saturated heterocycles. The molecule has 3 aliphatic rings. The zero-order valence-electron chi connectivity index (χ0n) is 27.8. The summed E-state index contributed by atoms with van der Waals surface area (Å²) in [5.41, 5.74) is 10.4. The lowest BCUT2D eigenvalue weighted by molar-refractivity contribution is 0.270. The number of hydrogen-bond acceptors (Lipinski definition) is 1. The van der Waals surface area contributed by atoms with Crippen molar-refractivity contribution in [3.05, 3.63) is 175 Å². The molecule has 2 nitrogen and oxygen atoms in total. The van der Waals surface area contributed by atoms with E-state index in [-0.39, 0.29) is 12.0 Å². The number of allylic oxidation sites excluding steroid dienone is 3. The smallest absolute Gasteiger partial charge is 0.132 e. The van der Waals surface area contributed by atoms with Crippen LogP contribution in [0.5, 0.6) is 5.75 Å². The minimum Gasteiger partial charge on any atom is -0.484 e. The van der Waals surface area contributed by atoms with Crippen LogP contribution in [0.1, 0.15) is 29.2 Å². The molecule has 7 aromatic carbocycles. The van der Waals surface area contributed by atoms with Crippen molar-refractivity contribution in [2.45, 2.75) is 18.4 Å². The summed E-state index contributed by atoms with van der Waals surface area (Å²) >= 11 is 0. The quantitative estimate of drug-likeness (QED) is 0.137. The predicted octanol–water partition coefficient (Wildman–Crippen LogP) is 12.2. The van der Waals surface area contributed by atoms with Gasteiger partial charge in [-0.15, -0.1) is 0 Å². The van der Waals surface area contributed by atoms with E-state index in [9.17, 15) is 0 Å². The van der Waals surface area contributed by atoms with Gasteiger partial charge in [-0.3, -0.25) is 0 Å². The van der Waals surface area contributed by atoms with E-state index in [1.807, 2.05) is 0 Å². The number of rotatable bonds is 3. The van der Waals surface area contributed by atoms with Crippen LogP contribution in [0.2, 0.25) is 0 Å². The summed E-state index contributed by atoms with van der Waals surface area (Å²) in [5, 5.41) is 8.94. The Morgan fingerprint density at radius 3 is 2.08 bits per heavy atom. The first-order valence-corrected chi connectivity index (χ1v) is 17.7. The second-order valence-corrected chi connectivity index (χ2v) is 13.7. The van der Waals surface area contributed by atoms with E-state index in [1.165, 1.54) is 60.0 Å². The normalized spacial score (nSPS) is 16.9. The molecule has 2 aliphatic carbocycles. The molecule has 0 amide bonds. The average molecular weight is 650 g/mol. The van der Waals surface area contributed by atoms with Crippen LogP contribution in [0.3, 0.4) is 0 Å². The Morgan fingerprint density at radius 2 is 1.27 bits per heavy atom. The highest BCUT2D eigenvalue weighted by Crippen LogP contribution is 2.47. The third-order valence-corrected chi connectivity index (χ3v) is 11.0. The summed E-state index contributed by atoms with van der Waals surface area (Å²) in [4.78, 5) is 0. The van der Waals surface area contributed by atoms with Crippen molar-refractivity contribution in [1.82, 2.24) is 4.57 Å². The molecule has 0 fully saturated rings. The van der Waals surface area contributed by atoms with Crippen LogP contribution in [-0.2, 0) is 0 Å². The van der Waals surface area contributed by atoms with Crippen molar-refractivity contribution in [2.24, 2.45) is 0 Å². The van der Waals surface area contributed by atoms with Crippen molar-refractivity contribution in [3.8, 4) is 45.5 Å². The third kappa shape index (κ3) is 4.25. The van der Waals surface area contributed by atoms with Crippen LogP contribution < -0.4 is 4.74 Å². The molecule has 1 aliphatic heterocycles. The first-order chi connectivity index (χ1) is 25.3. The molecule has 0 radical (unpaired) electrons. The molecule has 2 heteroatoms. The fourth-order valence-electron chi connectivity index (χ4n) is 8.60. The zero-order valence-corrected chi connectivity index (χ0v) is 27.8. The van der Waals surface area contributed by atoms with Gasteiger partial charge in [0, 0.05) is 40.1 Å². The number of para-hydroxylation sites is 1. The van der Waals surface area contributed by atoms with Crippen molar-refractivity contribution in [1.29, 1.82) is 0 Å². The van der Waals surface area contributed by atoms with Gasteiger partial charge in [0.1, 0.15) is 17.5 Å². The molecule has 238 valence electrons. The van der Waals surface area contributed by atoms with Crippen LogP contribution in [0.15, 0.2) is 158 Å². The molecule has 2 unspecified atom stereocenters. The molecular formula is C49H31NO. The number of ether oxygens (including phenoxy) is 1. The molecule has 0 bridgehead atoms. The number of benzene rings is 7. The van der Waals surface area contributed by atoms with Gasteiger partial charge in [-0.2, -0.15) is 0 Å². The average Bonchev–Trinajstić information content (AvgIpc) is 3.62. The summed E-state index contributed by atoms with van der Waals surface area (Å²) in [6.07, 6.45) is 13.8. The maximum atomic E-state index is 6.55. The lowest BCUT2D eigenvalue weighted by Crippen LogP contribution is -2.15. The van der Waals surface area contributed by atoms with Gasteiger partial charge in [-0.1, -0.05) is 133 Å². The minimum absolute atomic E-state index is 0.0576. The van der Waals surface area contributed by atoms with E-state index in [0.29, 0.717) is 0 Å². The molecule has 0 saturated carbocycles. The van der Waals surface area contributed by atoms with Crippen LogP contribution in [-0.4, -0.2) is 10.7 Å². The lowest BCUT2D eigenvalue weighted by Gasteiger charge is -2.14. The predicted molar refractivity (Wildman–Crippen MR) is 213 cm³/mol. The van der Waals surface area contributed by atoms with E-state index >= 15 is 0 Å². The van der Waals surface area contributed by atoms with Gasteiger partial charge >= 0.3 is 0 Å². The highest BCUT2D eigenvalue weighted by molar-refractivity contribution is 6.25. The Kier molecular flexibility index (Phi) is 6.09. The monoisotopic (exact) mass is 649 g/mol. The van der Waals surface area contributed by atoms with Crippen molar-refractivity contribution >= 4 is 49.3 Å². The molecule has 51 heavy (non-hydrogen) atoms. The zero-order chi connectivity index (χ0) is 33.5. The largest absolute Gasteiger partial charge is 0.484 e. The van der Waals surface area contributed by atoms with Crippen molar-refractivity contribution < 1.29 is 4.74 Å². The van der Waals surface area contributed by atoms with Gasteiger partial charge in [0.25, 0.3) is 0 Å². The fraction of sp³-hybridized carbons (Fsp3) is 0.0612. The van der Waals surface area contributed by atoms with Crippen LogP contribution in [0.4, 0.5) is 0 Å². The highest BCUT2D eigenvalue weighted by Gasteiger charge is 2.33. The number of aromatic nitrogens is 1. The minimum atomic E-state index is 0.0576. The molecule has 1 aromatic heterocycles. The summed E-state index contributed by atoms with van der Waals surface area (Å²) in [6.45, 7) is 0. The molecule has 2 atom stereocenters. The van der Waals surface area contributed by atoms with Gasteiger partial charge in [0.05, 0.1) is 5.52 Å². The number of hydrogen-bond donors (Lipinski definition) is 0. The Balaban J connectivity index is 1.03. The standard InChI is InChI=1S/C49H31NO/c1-2-15-41-45-30-33(35-17-10-18-43-42-16-8-9-20-48(42)51-49(35)43)24-28-47(45)50(46(41)19-3-1)34-25-21-31(22-26-34)32-23-27-40-38-13-5-4-11-36(38)37-12-6-7-14-39(37)44(40)29-32/h2,4-18,20-30,42,48H,1H2. The van der Waals surface area contributed by atoms with E-state index in [2.05, 4.69) is 180 Å². The maximum Gasteiger partial charge on any atom is 0.132 e. The molecule has 8 aromatic rings. The Hall–Kier alpha value is -6.56. The van der Waals surface area contributed by atoms with Crippen LogP contribution >= 0.6 is 0 Å². The maximum absolute atomic E-state index is 6.55. The van der Waals surface area contributed by atoms with E-state index < -0.39 is 0 Å². The first-order valence-electron chi connectivity index (χ1n) is 17.7. The van der Waals surface area contributed by atoms with E-state index in [0.717, 1.165) is 40.2 Å². The van der Waals surface area contributed by atoms with Crippen LogP contribution in [0.25, 0.3) is 77.2 Å². The lowest BCUT2D eigenvalue weighted by atomic mass is 9.90. The molecule has 0 N–H and O–H groups in total. The fourth-order valence-corrected chi connectivity index (χ4v) is 8.60. The topological polar surface area (TPSA) is 14.2 Å². The summed E-state index contributed by atoms with van der Waals surface area (Å²) in [7, 11) is 0. The van der Waals surface area contributed by atoms with E-state index in [4.69, 9.17) is 4.74 Å². The molecule has 11 rings (SSSR count). The summed E-state index contributed by atoms with van der Waals surface area (Å²) < 4.78 is 8.88. The third-order valence-electron chi connectivity index (χ3n) is 11.0. The Labute approximate surface area is 296 Å². The molecule has 2 heterocycles. The van der Waals surface area contributed by atoms with Gasteiger partial charge in [0.15, 0.2) is 0 Å². The van der Waals surface area contributed by atoms with Gasteiger partial charge < -0.3 is 9.30 Å². The first kappa shape index (κ1) is 28.3. The van der Waals surface area contributed by atoms with Gasteiger partial charge in [-0.05, 0) is 91.3 Å². The SMILES string of the molecule is C1#Cc2c(c3cc(-c4cccc5c4OC4C=CC=CC54)ccc3n2-c2ccc(-c3ccc4c5ccccc5c5ccccc5c4c3)cc2)C=CC1. The van der Waals surface area contributed by atoms with Gasteiger partial charge in [0.2, 0.25) is 0 Å². The second kappa shape index (κ2) is 11.0. The number of nitrogens with zero attached hydrogens (tertiary/aromatic N) is 1. The molecule has 0 spiro atoms. The summed E-state index contributed by atoms with van der Waals surface area (Å²) in [6, 6.07) is 46.8. The van der Waals surface area contributed by atoms with Gasteiger partial charge in [-0.25, -0.2) is 0 Å². The Morgan fingerprint density at radius 1 is 0.588 bits per heavy atom. The van der Waals surface area contributed by atoms with Crippen molar-refractivity contribution in [2.75, 3.05) is 0 Å². The summed E-state index contributed by atoms with van der Waals surface area (Å²) in [5.74, 6) is 8.16. The van der Waals surface area contributed by atoms with E-state index in [1.54, 1.807) is 0 Å². The highest BCUT2D eigenvalue weighted by atomic mass is 16.5. The number of fused-ring (bicyclic) bond motifs is 12. The van der Waals surface area contributed by atoms with Crippen molar-refractivity contribution in [3.63, 3.8) is 0 Å². The Bertz CT molecular complexity index is 2890. The second-order valence-electron chi connectivity index (χ2n) is 13.7. The van der Waals surface area contributed by atoms with Crippen LogP contribution in [0, 0.1) is 11.8 Å². The molecular weight excluding hydrogens is 619 g/mol.